The third kappa shape index (κ3) is 4.28. The minimum atomic E-state index is -0.369. The normalized spacial score (nSPS) is 21.6. The molecule has 1 heterocycles. The predicted molar refractivity (Wildman–Crippen MR) is 77.9 cm³/mol. The molecule has 2 rings (SSSR count). The molecular formula is C15H22N2O3. The fourth-order valence-electron chi connectivity index (χ4n) is 2.61. The Hall–Kier alpha value is -1.46. The van der Waals surface area contributed by atoms with Crippen LogP contribution in [-0.4, -0.2) is 29.7 Å². The monoisotopic (exact) mass is 278 g/mol. The van der Waals surface area contributed by atoms with Gasteiger partial charge in [0.15, 0.2) is 0 Å². The molecule has 5 heteroatoms. The van der Waals surface area contributed by atoms with Crippen LogP contribution in [0, 0.1) is 10.1 Å². The second-order valence-corrected chi connectivity index (χ2v) is 5.93. The largest absolute Gasteiger partial charge is 0.375 e. The van der Waals surface area contributed by atoms with E-state index in [4.69, 9.17) is 4.74 Å². The van der Waals surface area contributed by atoms with Gasteiger partial charge in [-0.2, -0.15) is 0 Å². The molecule has 0 amide bonds. The molecule has 0 aromatic heterocycles. The maximum Gasteiger partial charge on any atom is 0.269 e. The number of hydrogen-bond acceptors (Lipinski definition) is 4. The lowest BCUT2D eigenvalue weighted by Crippen LogP contribution is -2.44. The Morgan fingerprint density at radius 1 is 1.40 bits per heavy atom. The zero-order valence-corrected chi connectivity index (χ0v) is 12.1. The summed E-state index contributed by atoms with van der Waals surface area (Å²) in [6.07, 6.45) is 2.95. The van der Waals surface area contributed by atoms with Crippen molar-refractivity contribution in [3.8, 4) is 0 Å². The minimum Gasteiger partial charge on any atom is -0.375 e. The molecule has 1 saturated heterocycles. The van der Waals surface area contributed by atoms with Crippen LogP contribution in [0.1, 0.15) is 32.3 Å². The van der Waals surface area contributed by atoms with Crippen LogP contribution < -0.4 is 5.32 Å². The lowest BCUT2D eigenvalue weighted by molar-refractivity contribution is -0.384. The Kier molecular flexibility index (Phi) is 4.73. The number of nitro groups is 1. The van der Waals surface area contributed by atoms with Crippen molar-refractivity contribution in [2.75, 3.05) is 13.2 Å². The predicted octanol–water partition coefficient (Wildman–Crippen LogP) is 2.68. The number of nitro benzene ring substituents is 1. The highest BCUT2D eigenvalue weighted by Crippen LogP contribution is 2.23. The first-order chi connectivity index (χ1) is 9.46. The summed E-state index contributed by atoms with van der Waals surface area (Å²) < 4.78 is 5.69. The molecule has 1 aliphatic rings. The summed E-state index contributed by atoms with van der Waals surface area (Å²) >= 11 is 0. The lowest BCUT2D eigenvalue weighted by Gasteiger charge is -2.36. The van der Waals surface area contributed by atoms with Crippen molar-refractivity contribution in [1.29, 1.82) is 0 Å². The SMILES string of the molecule is CC1(C)CC(NCCc2ccc([N+](=O)[O-])cc2)CCO1. The van der Waals surface area contributed by atoms with Crippen molar-refractivity contribution in [2.24, 2.45) is 0 Å². The number of nitrogens with zero attached hydrogens (tertiary/aromatic N) is 1. The van der Waals surface area contributed by atoms with Crippen LogP contribution in [0.15, 0.2) is 24.3 Å². The van der Waals surface area contributed by atoms with Crippen LogP contribution in [0.3, 0.4) is 0 Å². The smallest absolute Gasteiger partial charge is 0.269 e. The molecule has 1 N–H and O–H groups in total. The van der Waals surface area contributed by atoms with Gasteiger partial charge >= 0.3 is 0 Å². The van der Waals surface area contributed by atoms with Gasteiger partial charge in [0.1, 0.15) is 0 Å². The van der Waals surface area contributed by atoms with E-state index in [9.17, 15) is 10.1 Å². The number of hydrogen-bond donors (Lipinski definition) is 1. The molecule has 0 radical (unpaired) electrons. The molecule has 0 aliphatic carbocycles. The first kappa shape index (κ1) is 14.9. The Morgan fingerprint density at radius 3 is 2.70 bits per heavy atom. The van der Waals surface area contributed by atoms with Crippen molar-refractivity contribution < 1.29 is 9.66 Å². The summed E-state index contributed by atoms with van der Waals surface area (Å²) in [6.45, 7) is 5.94. The van der Waals surface area contributed by atoms with Crippen LogP contribution in [0.4, 0.5) is 5.69 Å². The van der Waals surface area contributed by atoms with Crippen molar-refractivity contribution in [2.45, 2.75) is 44.8 Å². The van der Waals surface area contributed by atoms with Crippen molar-refractivity contribution in [3.63, 3.8) is 0 Å². The van der Waals surface area contributed by atoms with E-state index in [1.165, 1.54) is 0 Å². The summed E-state index contributed by atoms with van der Waals surface area (Å²) in [4.78, 5) is 10.2. The molecule has 5 nitrogen and oxygen atoms in total. The zero-order valence-electron chi connectivity index (χ0n) is 12.1. The van der Waals surface area contributed by atoms with E-state index in [2.05, 4.69) is 19.2 Å². The van der Waals surface area contributed by atoms with Gasteiger partial charge < -0.3 is 10.1 Å². The van der Waals surface area contributed by atoms with Crippen LogP contribution in [0.5, 0.6) is 0 Å². The quantitative estimate of drug-likeness (QED) is 0.664. The summed E-state index contributed by atoms with van der Waals surface area (Å²) in [5.41, 5.74) is 1.23. The fourth-order valence-corrected chi connectivity index (χ4v) is 2.61. The Labute approximate surface area is 119 Å². The average molecular weight is 278 g/mol. The number of ether oxygens (including phenoxy) is 1. The number of rotatable bonds is 5. The minimum absolute atomic E-state index is 0.0384. The zero-order chi connectivity index (χ0) is 14.6. The molecule has 0 bridgehead atoms. The second kappa shape index (κ2) is 6.33. The van der Waals surface area contributed by atoms with Crippen LogP contribution >= 0.6 is 0 Å². The van der Waals surface area contributed by atoms with Gasteiger partial charge in [-0.05, 0) is 45.2 Å². The van der Waals surface area contributed by atoms with E-state index >= 15 is 0 Å². The molecule has 1 atom stereocenters. The van der Waals surface area contributed by atoms with Gasteiger partial charge in [0.25, 0.3) is 5.69 Å². The van der Waals surface area contributed by atoms with Gasteiger partial charge in [0.05, 0.1) is 10.5 Å². The average Bonchev–Trinajstić information content (AvgIpc) is 2.38. The Balaban J connectivity index is 1.76. The van der Waals surface area contributed by atoms with Crippen LogP contribution in [-0.2, 0) is 11.2 Å². The maximum atomic E-state index is 10.6. The molecule has 110 valence electrons. The molecule has 0 saturated carbocycles. The van der Waals surface area contributed by atoms with Crippen LogP contribution in [0.25, 0.3) is 0 Å². The maximum absolute atomic E-state index is 10.6. The number of nitrogens with one attached hydrogen (secondary N) is 1. The third-order valence-corrected chi connectivity index (χ3v) is 3.69. The molecule has 1 fully saturated rings. The van der Waals surface area contributed by atoms with Gasteiger partial charge in [0, 0.05) is 24.8 Å². The van der Waals surface area contributed by atoms with E-state index in [1.54, 1.807) is 12.1 Å². The Bertz CT molecular complexity index is 457. The molecule has 1 unspecified atom stereocenters. The van der Waals surface area contributed by atoms with Crippen molar-refractivity contribution in [3.05, 3.63) is 39.9 Å². The van der Waals surface area contributed by atoms with E-state index in [1.807, 2.05) is 12.1 Å². The lowest BCUT2D eigenvalue weighted by atomic mass is 9.94. The van der Waals surface area contributed by atoms with E-state index in [-0.39, 0.29) is 16.2 Å². The fraction of sp³-hybridized carbons (Fsp3) is 0.600. The highest BCUT2D eigenvalue weighted by atomic mass is 16.6. The standard InChI is InChI=1S/C15H22N2O3/c1-15(2)11-13(8-10-20-15)16-9-7-12-3-5-14(6-4-12)17(18)19/h3-6,13,16H,7-11H2,1-2H3. The van der Waals surface area contributed by atoms with Gasteiger partial charge in [-0.3, -0.25) is 10.1 Å². The van der Waals surface area contributed by atoms with Crippen LogP contribution in [0.2, 0.25) is 0 Å². The summed E-state index contributed by atoms with van der Waals surface area (Å²) in [5.74, 6) is 0. The second-order valence-electron chi connectivity index (χ2n) is 5.93. The van der Waals surface area contributed by atoms with E-state index < -0.39 is 0 Å². The molecule has 20 heavy (non-hydrogen) atoms. The molecule has 1 aliphatic heterocycles. The topological polar surface area (TPSA) is 64.4 Å². The van der Waals surface area contributed by atoms with Crippen molar-refractivity contribution >= 4 is 5.69 Å². The van der Waals surface area contributed by atoms with Gasteiger partial charge in [0.2, 0.25) is 0 Å². The summed E-state index contributed by atoms with van der Waals surface area (Å²) in [6, 6.07) is 7.28. The molecule has 1 aromatic carbocycles. The van der Waals surface area contributed by atoms with Gasteiger partial charge in [-0.1, -0.05) is 12.1 Å². The summed E-state index contributed by atoms with van der Waals surface area (Å²) in [5, 5.41) is 14.1. The van der Waals surface area contributed by atoms with E-state index in [0.29, 0.717) is 6.04 Å². The van der Waals surface area contributed by atoms with E-state index in [0.717, 1.165) is 38.0 Å². The summed E-state index contributed by atoms with van der Waals surface area (Å²) in [7, 11) is 0. The number of benzene rings is 1. The number of non-ortho nitro benzene ring substituents is 1. The van der Waals surface area contributed by atoms with Gasteiger partial charge in [-0.15, -0.1) is 0 Å². The van der Waals surface area contributed by atoms with Gasteiger partial charge in [-0.25, -0.2) is 0 Å². The first-order valence-electron chi connectivity index (χ1n) is 7.07. The highest BCUT2D eigenvalue weighted by molar-refractivity contribution is 5.32. The molecule has 0 spiro atoms. The highest BCUT2D eigenvalue weighted by Gasteiger charge is 2.28. The first-order valence-corrected chi connectivity index (χ1v) is 7.07. The van der Waals surface area contributed by atoms with Crippen molar-refractivity contribution in [1.82, 2.24) is 5.32 Å². The molecular weight excluding hydrogens is 256 g/mol. The molecule has 1 aromatic rings. The third-order valence-electron chi connectivity index (χ3n) is 3.69. The Morgan fingerprint density at radius 2 is 2.10 bits per heavy atom.